The predicted molar refractivity (Wildman–Crippen MR) is 268 cm³/mol. The molecule has 0 aliphatic rings. The Morgan fingerprint density at radius 3 is 1.43 bits per heavy atom. The van der Waals surface area contributed by atoms with Gasteiger partial charge in [-0.1, -0.05) is 196 Å². The third-order valence-corrected chi connectivity index (χ3v) is 10.8. The molecule has 0 aromatic rings. The van der Waals surface area contributed by atoms with Crippen molar-refractivity contribution >= 4 is 17.9 Å². The van der Waals surface area contributed by atoms with Crippen molar-refractivity contribution in [1.29, 1.82) is 0 Å². The molecule has 0 saturated carbocycles. The van der Waals surface area contributed by atoms with Gasteiger partial charge in [0.25, 0.3) is 0 Å². The van der Waals surface area contributed by atoms with E-state index in [9.17, 15) is 14.4 Å². The van der Waals surface area contributed by atoms with Crippen LogP contribution in [0, 0.1) is 11.8 Å². The minimum atomic E-state index is -0.811. The highest BCUT2D eigenvalue weighted by atomic mass is 16.6. The summed E-state index contributed by atoms with van der Waals surface area (Å²) < 4.78 is 16.7. The van der Waals surface area contributed by atoms with Gasteiger partial charge in [-0.15, -0.1) is 0 Å². The van der Waals surface area contributed by atoms with Gasteiger partial charge in [-0.05, 0) is 102 Å². The first-order valence-corrected chi connectivity index (χ1v) is 25.9. The SMILES string of the molecule is CCC=CCC=CC=CCCCCCCCCC(=O)OCC(COC(=O)CCCCCCCC=CCCCCCCCC)OC(=O)CCCCC/C=C/C#CCC=CCCCCC. The van der Waals surface area contributed by atoms with Gasteiger partial charge in [0.2, 0.25) is 0 Å². The van der Waals surface area contributed by atoms with Gasteiger partial charge in [0.1, 0.15) is 13.2 Å². The molecule has 0 rings (SSSR count). The van der Waals surface area contributed by atoms with Gasteiger partial charge in [0.05, 0.1) is 0 Å². The van der Waals surface area contributed by atoms with Crippen LogP contribution in [0.25, 0.3) is 0 Å². The van der Waals surface area contributed by atoms with Crippen LogP contribution in [0.4, 0.5) is 0 Å². The molecule has 1 unspecified atom stereocenters. The highest BCUT2D eigenvalue weighted by Crippen LogP contribution is 2.13. The van der Waals surface area contributed by atoms with E-state index in [1.165, 1.54) is 83.5 Å². The van der Waals surface area contributed by atoms with E-state index in [4.69, 9.17) is 14.2 Å². The largest absolute Gasteiger partial charge is 0.462 e. The maximum Gasteiger partial charge on any atom is 0.306 e. The van der Waals surface area contributed by atoms with E-state index in [0.717, 1.165) is 109 Å². The number of carbonyl (C=O) groups excluding carboxylic acids is 3. The first-order valence-electron chi connectivity index (χ1n) is 25.9. The second-order valence-electron chi connectivity index (χ2n) is 16.9. The monoisotopic (exact) mass is 875 g/mol. The van der Waals surface area contributed by atoms with Crippen LogP contribution in [0.5, 0.6) is 0 Å². The lowest BCUT2D eigenvalue weighted by atomic mass is 10.1. The lowest BCUT2D eigenvalue weighted by Gasteiger charge is -2.18. The van der Waals surface area contributed by atoms with Gasteiger partial charge < -0.3 is 14.2 Å². The summed E-state index contributed by atoms with van der Waals surface area (Å²) in [5.74, 6) is 5.27. The Kier molecular flexibility index (Phi) is 48.1. The van der Waals surface area contributed by atoms with Crippen molar-refractivity contribution in [2.24, 2.45) is 0 Å². The Labute approximate surface area is 388 Å². The third kappa shape index (κ3) is 49.3. The van der Waals surface area contributed by atoms with Gasteiger partial charge in [-0.3, -0.25) is 14.4 Å². The Bertz CT molecular complexity index is 1290. The number of carbonyl (C=O) groups is 3. The van der Waals surface area contributed by atoms with Crippen LogP contribution in [-0.2, 0) is 28.6 Å². The highest BCUT2D eigenvalue weighted by molar-refractivity contribution is 5.71. The van der Waals surface area contributed by atoms with Crippen LogP contribution >= 0.6 is 0 Å². The number of unbranched alkanes of at least 4 members (excludes halogenated alkanes) is 23. The fraction of sp³-hybridized carbons (Fsp3) is 0.702. The molecule has 0 bridgehead atoms. The predicted octanol–water partition coefficient (Wildman–Crippen LogP) is 16.6. The summed E-state index contributed by atoms with van der Waals surface area (Å²) in [5, 5.41) is 0. The molecule has 0 spiro atoms. The fourth-order valence-corrected chi connectivity index (χ4v) is 6.87. The van der Waals surface area contributed by atoms with Gasteiger partial charge in [-0.25, -0.2) is 0 Å². The smallest absolute Gasteiger partial charge is 0.306 e. The van der Waals surface area contributed by atoms with Crippen molar-refractivity contribution in [3.8, 4) is 11.8 Å². The van der Waals surface area contributed by atoms with E-state index >= 15 is 0 Å². The summed E-state index contributed by atoms with van der Waals surface area (Å²) in [6.07, 6.45) is 60.4. The number of hydrogen-bond donors (Lipinski definition) is 0. The average molecular weight is 875 g/mol. The fourth-order valence-electron chi connectivity index (χ4n) is 6.87. The van der Waals surface area contributed by atoms with Crippen molar-refractivity contribution in [3.05, 3.63) is 72.9 Å². The van der Waals surface area contributed by atoms with Crippen LogP contribution in [0.2, 0.25) is 0 Å². The summed E-state index contributed by atoms with van der Waals surface area (Å²) in [4.78, 5) is 38.0. The summed E-state index contributed by atoms with van der Waals surface area (Å²) in [6, 6.07) is 0. The topological polar surface area (TPSA) is 78.9 Å². The van der Waals surface area contributed by atoms with E-state index in [0.29, 0.717) is 19.3 Å². The zero-order valence-electron chi connectivity index (χ0n) is 40.9. The number of esters is 3. The number of hydrogen-bond acceptors (Lipinski definition) is 6. The van der Waals surface area contributed by atoms with Crippen LogP contribution in [0.15, 0.2) is 72.9 Å². The molecule has 0 N–H and O–H groups in total. The zero-order valence-corrected chi connectivity index (χ0v) is 40.9. The van der Waals surface area contributed by atoms with E-state index in [2.05, 4.69) is 99.4 Å². The summed E-state index contributed by atoms with van der Waals surface area (Å²) in [7, 11) is 0. The van der Waals surface area contributed by atoms with Gasteiger partial charge in [0, 0.05) is 25.7 Å². The molecular formula is C57H94O6. The quantitative estimate of drug-likeness (QED) is 0.0152. The molecule has 6 heteroatoms. The molecule has 0 radical (unpaired) electrons. The van der Waals surface area contributed by atoms with Crippen LogP contribution in [0.1, 0.15) is 239 Å². The van der Waals surface area contributed by atoms with Crippen LogP contribution < -0.4 is 0 Å². The molecule has 0 fully saturated rings. The van der Waals surface area contributed by atoms with Gasteiger partial charge >= 0.3 is 17.9 Å². The first-order chi connectivity index (χ1) is 31.0. The standard InChI is InChI=1S/C57H94O6/c1-4-7-10-13-16-19-22-25-28-31-34-37-40-43-46-49-55(58)61-52-54(63-57(60)51-48-45-42-39-36-33-30-27-24-21-18-15-12-9-6-3)53-62-56(59)50-47-44-41-38-35-32-29-26-23-20-17-14-11-8-5-2/h7,10,16,18-19,21-22,25-26,29,33,36,54H,4-6,8-9,11-15,17,20,23-24,28,31-32,34-35,37-53H2,1-3H3/b10-7?,19-16?,21-18?,25-22?,29-26?,36-33+. The van der Waals surface area contributed by atoms with Crippen molar-refractivity contribution in [2.45, 2.75) is 245 Å². The van der Waals surface area contributed by atoms with Crippen molar-refractivity contribution in [3.63, 3.8) is 0 Å². The molecule has 0 amide bonds. The molecule has 0 saturated heterocycles. The zero-order chi connectivity index (χ0) is 45.8. The van der Waals surface area contributed by atoms with E-state index in [1.54, 1.807) is 0 Å². The van der Waals surface area contributed by atoms with Gasteiger partial charge in [0.15, 0.2) is 6.10 Å². The van der Waals surface area contributed by atoms with Crippen molar-refractivity contribution in [2.75, 3.05) is 13.2 Å². The van der Waals surface area contributed by atoms with Crippen LogP contribution in [-0.4, -0.2) is 37.2 Å². The Morgan fingerprint density at radius 2 is 0.857 bits per heavy atom. The Balaban J connectivity index is 4.50. The average Bonchev–Trinajstić information content (AvgIpc) is 3.28. The lowest BCUT2D eigenvalue weighted by Crippen LogP contribution is -2.30. The van der Waals surface area contributed by atoms with Crippen molar-refractivity contribution < 1.29 is 28.6 Å². The van der Waals surface area contributed by atoms with Crippen LogP contribution in [0.3, 0.4) is 0 Å². The molecule has 1 atom stereocenters. The van der Waals surface area contributed by atoms with E-state index in [1.807, 2.05) is 6.08 Å². The third-order valence-electron chi connectivity index (χ3n) is 10.8. The Morgan fingerprint density at radius 1 is 0.429 bits per heavy atom. The summed E-state index contributed by atoms with van der Waals surface area (Å²) in [5.41, 5.74) is 0. The molecular weight excluding hydrogens is 781 g/mol. The van der Waals surface area contributed by atoms with Gasteiger partial charge in [-0.2, -0.15) is 0 Å². The first kappa shape index (κ1) is 59.4. The van der Waals surface area contributed by atoms with E-state index in [-0.39, 0.29) is 37.5 Å². The molecule has 0 aliphatic heterocycles. The molecule has 0 heterocycles. The maximum absolute atomic E-state index is 12.8. The normalized spacial score (nSPS) is 12.4. The lowest BCUT2D eigenvalue weighted by molar-refractivity contribution is -0.167. The van der Waals surface area contributed by atoms with E-state index < -0.39 is 6.10 Å². The molecule has 6 nitrogen and oxygen atoms in total. The number of rotatable bonds is 44. The molecule has 0 aromatic heterocycles. The summed E-state index contributed by atoms with van der Waals surface area (Å²) in [6.45, 7) is 6.41. The minimum Gasteiger partial charge on any atom is -0.462 e. The minimum absolute atomic E-state index is 0.106. The number of allylic oxidation sites excluding steroid dienone is 12. The second-order valence-corrected chi connectivity index (χ2v) is 16.9. The molecule has 63 heavy (non-hydrogen) atoms. The molecule has 0 aromatic carbocycles. The number of ether oxygens (including phenoxy) is 3. The molecule has 0 aliphatic carbocycles. The molecule has 358 valence electrons. The second kappa shape index (κ2) is 51.0. The highest BCUT2D eigenvalue weighted by Gasteiger charge is 2.19. The van der Waals surface area contributed by atoms with Crippen molar-refractivity contribution in [1.82, 2.24) is 0 Å². The Hall–Kier alpha value is -3.59. The maximum atomic E-state index is 12.8. The summed E-state index contributed by atoms with van der Waals surface area (Å²) >= 11 is 0.